The highest BCUT2D eigenvalue weighted by Gasteiger charge is 2.15. The highest BCUT2D eigenvalue weighted by molar-refractivity contribution is 6.10. The number of carbonyl (C=O) groups excluding carboxylic acids is 1. The Labute approximate surface area is 130 Å². The number of tetrazole rings is 1. The Morgan fingerprint density at radius 1 is 1.00 bits per heavy atom. The molecular formula is C15H11N5O3. The van der Waals surface area contributed by atoms with E-state index in [0.717, 1.165) is 5.56 Å². The molecule has 3 rings (SSSR count). The first-order valence-electron chi connectivity index (χ1n) is 6.62. The lowest BCUT2D eigenvalue weighted by Gasteiger charge is -2.08. The molecule has 1 aromatic heterocycles. The fourth-order valence-corrected chi connectivity index (χ4v) is 2.05. The Balaban J connectivity index is 1.80. The average Bonchev–Trinajstić information content (AvgIpc) is 3.10. The van der Waals surface area contributed by atoms with Crippen LogP contribution in [-0.4, -0.2) is 37.6 Å². The Hall–Kier alpha value is -3.55. The summed E-state index contributed by atoms with van der Waals surface area (Å²) in [5.41, 5.74) is 1.32. The van der Waals surface area contributed by atoms with Crippen LogP contribution in [0.25, 0.3) is 11.4 Å². The zero-order valence-corrected chi connectivity index (χ0v) is 11.7. The first-order valence-corrected chi connectivity index (χ1v) is 6.62. The number of hydrogen-bond donors (Lipinski definition) is 3. The van der Waals surface area contributed by atoms with Crippen molar-refractivity contribution in [3.8, 4) is 11.4 Å². The van der Waals surface area contributed by atoms with Crippen LogP contribution in [0.4, 0.5) is 5.69 Å². The first-order chi connectivity index (χ1) is 11.1. The molecule has 0 spiro atoms. The molecule has 0 aliphatic heterocycles. The van der Waals surface area contributed by atoms with E-state index in [2.05, 4.69) is 25.9 Å². The van der Waals surface area contributed by atoms with Crippen LogP contribution in [0.2, 0.25) is 0 Å². The molecule has 0 fully saturated rings. The highest BCUT2D eigenvalue weighted by Crippen LogP contribution is 2.18. The molecule has 0 saturated heterocycles. The van der Waals surface area contributed by atoms with Crippen LogP contribution in [0.5, 0.6) is 0 Å². The van der Waals surface area contributed by atoms with Crippen molar-refractivity contribution in [1.29, 1.82) is 0 Å². The summed E-state index contributed by atoms with van der Waals surface area (Å²) in [7, 11) is 0. The molecule has 0 bridgehead atoms. The van der Waals surface area contributed by atoms with Crippen molar-refractivity contribution in [1.82, 2.24) is 20.6 Å². The van der Waals surface area contributed by atoms with Crippen molar-refractivity contribution in [3.63, 3.8) is 0 Å². The molecule has 3 aromatic rings. The number of benzene rings is 2. The van der Waals surface area contributed by atoms with E-state index in [4.69, 9.17) is 5.11 Å². The van der Waals surface area contributed by atoms with E-state index in [0.29, 0.717) is 11.5 Å². The molecule has 0 atom stereocenters. The van der Waals surface area contributed by atoms with Gasteiger partial charge >= 0.3 is 5.97 Å². The number of aromatic amines is 1. The van der Waals surface area contributed by atoms with E-state index in [1.165, 1.54) is 12.1 Å². The standard InChI is InChI=1S/C15H11N5O3/c21-14(11-3-1-2-4-12(11)15(22)23)16-10-7-5-9(6-8-10)13-17-19-20-18-13/h1-8H,(H,16,21)(H,22,23)(H,17,18,19,20). The Morgan fingerprint density at radius 3 is 2.30 bits per heavy atom. The molecule has 2 aromatic carbocycles. The fourth-order valence-electron chi connectivity index (χ4n) is 2.05. The second-order valence-electron chi connectivity index (χ2n) is 4.62. The Morgan fingerprint density at radius 2 is 1.70 bits per heavy atom. The van der Waals surface area contributed by atoms with Gasteiger partial charge in [-0.25, -0.2) is 4.79 Å². The number of carboxylic acid groups (broad SMARTS) is 1. The number of aromatic nitrogens is 4. The molecule has 3 N–H and O–H groups in total. The van der Waals surface area contributed by atoms with Crippen LogP contribution in [0.1, 0.15) is 20.7 Å². The second kappa shape index (κ2) is 6.06. The van der Waals surface area contributed by atoms with E-state index >= 15 is 0 Å². The van der Waals surface area contributed by atoms with E-state index < -0.39 is 11.9 Å². The molecule has 0 radical (unpaired) electrons. The van der Waals surface area contributed by atoms with Crippen molar-refractivity contribution in [2.45, 2.75) is 0 Å². The number of nitrogens with zero attached hydrogens (tertiary/aromatic N) is 3. The summed E-state index contributed by atoms with van der Waals surface area (Å²) >= 11 is 0. The summed E-state index contributed by atoms with van der Waals surface area (Å²) in [5.74, 6) is -1.20. The number of carbonyl (C=O) groups is 2. The van der Waals surface area contributed by atoms with E-state index in [1.807, 2.05) is 0 Å². The lowest BCUT2D eigenvalue weighted by Crippen LogP contribution is -2.16. The summed E-state index contributed by atoms with van der Waals surface area (Å²) in [4.78, 5) is 23.4. The zero-order chi connectivity index (χ0) is 16.2. The van der Waals surface area contributed by atoms with Gasteiger partial charge in [-0.2, -0.15) is 5.21 Å². The van der Waals surface area contributed by atoms with Crippen LogP contribution in [-0.2, 0) is 0 Å². The molecule has 0 saturated carbocycles. The minimum Gasteiger partial charge on any atom is -0.478 e. The van der Waals surface area contributed by atoms with Gasteiger partial charge in [-0.1, -0.05) is 12.1 Å². The number of aromatic carboxylic acids is 1. The van der Waals surface area contributed by atoms with E-state index in [1.54, 1.807) is 36.4 Å². The van der Waals surface area contributed by atoms with Gasteiger partial charge in [0.25, 0.3) is 5.91 Å². The number of nitrogens with one attached hydrogen (secondary N) is 2. The molecule has 23 heavy (non-hydrogen) atoms. The molecular weight excluding hydrogens is 298 g/mol. The van der Waals surface area contributed by atoms with Gasteiger partial charge in [0.05, 0.1) is 11.1 Å². The Bertz CT molecular complexity index is 844. The normalized spacial score (nSPS) is 10.3. The maximum atomic E-state index is 12.2. The predicted octanol–water partition coefficient (Wildman–Crippen LogP) is 1.82. The summed E-state index contributed by atoms with van der Waals surface area (Å²) in [5, 5.41) is 25.3. The van der Waals surface area contributed by atoms with Crippen LogP contribution in [0, 0.1) is 0 Å². The fraction of sp³-hybridized carbons (Fsp3) is 0. The number of H-pyrrole nitrogens is 1. The first kappa shape index (κ1) is 14.4. The largest absolute Gasteiger partial charge is 0.478 e. The van der Waals surface area contributed by atoms with Crippen molar-refractivity contribution < 1.29 is 14.7 Å². The van der Waals surface area contributed by atoms with Gasteiger partial charge < -0.3 is 10.4 Å². The molecule has 1 heterocycles. The molecule has 1 amide bonds. The topological polar surface area (TPSA) is 121 Å². The van der Waals surface area contributed by atoms with Gasteiger partial charge in [-0.3, -0.25) is 4.79 Å². The molecule has 8 heteroatoms. The van der Waals surface area contributed by atoms with Crippen LogP contribution in [0.15, 0.2) is 48.5 Å². The SMILES string of the molecule is O=C(O)c1ccccc1C(=O)Nc1ccc(-c2nn[nH]n2)cc1. The lowest BCUT2D eigenvalue weighted by molar-refractivity contribution is 0.0692. The zero-order valence-electron chi connectivity index (χ0n) is 11.7. The van der Waals surface area contributed by atoms with Crippen molar-refractivity contribution in [3.05, 3.63) is 59.7 Å². The molecule has 0 unspecified atom stereocenters. The summed E-state index contributed by atoms with van der Waals surface area (Å²) in [6.45, 7) is 0. The molecule has 114 valence electrons. The van der Waals surface area contributed by atoms with Crippen molar-refractivity contribution in [2.75, 3.05) is 5.32 Å². The lowest BCUT2D eigenvalue weighted by atomic mass is 10.1. The van der Waals surface area contributed by atoms with Crippen LogP contribution >= 0.6 is 0 Å². The van der Waals surface area contributed by atoms with Crippen LogP contribution in [0.3, 0.4) is 0 Å². The van der Waals surface area contributed by atoms with Gasteiger partial charge in [-0.15, -0.1) is 10.2 Å². The van der Waals surface area contributed by atoms with E-state index in [9.17, 15) is 9.59 Å². The number of carboxylic acids is 1. The van der Waals surface area contributed by atoms with E-state index in [-0.39, 0.29) is 11.1 Å². The van der Waals surface area contributed by atoms with Gasteiger partial charge in [0.15, 0.2) is 0 Å². The Kier molecular flexibility index (Phi) is 3.79. The molecule has 8 nitrogen and oxygen atoms in total. The summed E-state index contributed by atoms with van der Waals surface area (Å²) in [6, 6.07) is 12.8. The molecule has 0 aliphatic carbocycles. The van der Waals surface area contributed by atoms with Gasteiger partial charge in [0.2, 0.25) is 5.82 Å². The summed E-state index contributed by atoms with van der Waals surface area (Å²) < 4.78 is 0. The van der Waals surface area contributed by atoms with Gasteiger partial charge in [0, 0.05) is 11.3 Å². The number of hydrogen-bond acceptors (Lipinski definition) is 5. The summed E-state index contributed by atoms with van der Waals surface area (Å²) in [6.07, 6.45) is 0. The van der Waals surface area contributed by atoms with Gasteiger partial charge in [-0.05, 0) is 41.6 Å². The average molecular weight is 309 g/mol. The second-order valence-corrected chi connectivity index (χ2v) is 4.62. The third-order valence-electron chi connectivity index (χ3n) is 3.15. The maximum Gasteiger partial charge on any atom is 0.336 e. The minimum atomic E-state index is -1.15. The minimum absolute atomic E-state index is 0.0478. The number of anilines is 1. The predicted molar refractivity (Wildman–Crippen MR) is 81.0 cm³/mol. The quantitative estimate of drug-likeness (QED) is 0.676. The van der Waals surface area contributed by atoms with Gasteiger partial charge in [0.1, 0.15) is 0 Å². The highest BCUT2D eigenvalue weighted by atomic mass is 16.4. The molecule has 0 aliphatic rings. The smallest absolute Gasteiger partial charge is 0.336 e. The maximum absolute atomic E-state index is 12.2. The van der Waals surface area contributed by atoms with Crippen molar-refractivity contribution >= 4 is 17.6 Å². The third-order valence-corrected chi connectivity index (χ3v) is 3.15. The van der Waals surface area contributed by atoms with Crippen LogP contribution < -0.4 is 5.32 Å². The number of amides is 1. The number of rotatable bonds is 4. The third kappa shape index (κ3) is 3.05. The monoisotopic (exact) mass is 309 g/mol. The van der Waals surface area contributed by atoms with Crippen molar-refractivity contribution in [2.24, 2.45) is 0 Å².